The molecular weight excluding hydrogens is 282 g/mol. The van der Waals surface area contributed by atoms with Crippen LogP contribution < -0.4 is 10.6 Å². The van der Waals surface area contributed by atoms with Gasteiger partial charge in [0.05, 0.1) is 5.56 Å². The third-order valence-electron chi connectivity index (χ3n) is 2.87. The van der Waals surface area contributed by atoms with Crippen LogP contribution in [0.15, 0.2) is 16.7 Å². The summed E-state index contributed by atoms with van der Waals surface area (Å²) >= 11 is 3.32. The quantitative estimate of drug-likeness (QED) is 0.877. The molecule has 1 amide bonds. The van der Waals surface area contributed by atoms with Crippen LogP contribution >= 0.6 is 15.9 Å². The first-order valence-corrected chi connectivity index (χ1v) is 6.61. The summed E-state index contributed by atoms with van der Waals surface area (Å²) < 4.78 is 0.809. The molecule has 1 fully saturated rings. The molecule has 0 unspecified atom stereocenters. The number of amides is 1. The summed E-state index contributed by atoms with van der Waals surface area (Å²) in [6, 6.07) is 1.78. The van der Waals surface area contributed by atoms with Crippen LogP contribution in [-0.2, 0) is 0 Å². The Bertz CT molecular complexity index is 418. The number of pyridine rings is 1. The Kier molecular flexibility index (Phi) is 3.99. The minimum Gasteiger partial charge on any atom is -0.372 e. The molecule has 1 aliphatic rings. The molecule has 4 nitrogen and oxygen atoms in total. The van der Waals surface area contributed by atoms with Crippen LogP contribution in [0.25, 0.3) is 0 Å². The topological polar surface area (TPSA) is 54.0 Å². The number of hydrogen-bond acceptors (Lipinski definition) is 3. The van der Waals surface area contributed by atoms with Crippen LogP contribution in [0.2, 0.25) is 0 Å². The molecular formula is C12H16BrN3O. The third kappa shape index (κ3) is 3.43. The van der Waals surface area contributed by atoms with Gasteiger partial charge in [-0.2, -0.15) is 0 Å². The molecule has 0 radical (unpaired) electrons. The molecule has 0 aliphatic heterocycles. The Morgan fingerprint density at radius 2 is 2.35 bits per heavy atom. The van der Waals surface area contributed by atoms with Crippen molar-refractivity contribution >= 4 is 27.7 Å². The van der Waals surface area contributed by atoms with Crippen LogP contribution in [-0.4, -0.2) is 24.5 Å². The minimum atomic E-state index is -0.0659. The fraction of sp³-hybridized carbons (Fsp3) is 0.500. The molecule has 1 heterocycles. The van der Waals surface area contributed by atoms with Gasteiger partial charge in [0.1, 0.15) is 5.82 Å². The summed E-state index contributed by atoms with van der Waals surface area (Å²) in [5.41, 5.74) is 0.581. The second kappa shape index (κ2) is 5.49. The summed E-state index contributed by atoms with van der Waals surface area (Å²) in [7, 11) is 1.76. The number of anilines is 1. The Labute approximate surface area is 109 Å². The molecule has 0 saturated heterocycles. The molecule has 1 aromatic heterocycles. The smallest absolute Gasteiger partial charge is 0.255 e. The van der Waals surface area contributed by atoms with Gasteiger partial charge in [0.2, 0.25) is 0 Å². The van der Waals surface area contributed by atoms with Crippen molar-refractivity contribution in [1.29, 1.82) is 0 Å². The van der Waals surface area contributed by atoms with Crippen LogP contribution in [0, 0.1) is 5.92 Å². The molecule has 2 rings (SSSR count). The molecule has 2 N–H and O–H groups in total. The van der Waals surface area contributed by atoms with Crippen LogP contribution in [0.4, 0.5) is 5.82 Å². The number of carbonyl (C=O) groups excluding carboxylic acids is 1. The van der Waals surface area contributed by atoms with E-state index < -0.39 is 0 Å². The SMILES string of the molecule is CNc1ncc(Br)cc1C(=O)NCCC1CC1. The molecule has 17 heavy (non-hydrogen) atoms. The van der Waals surface area contributed by atoms with Gasteiger partial charge < -0.3 is 10.6 Å². The van der Waals surface area contributed by atoms with Crippen LogP contribution in [0.3, 0.4) is 0 Å². The zero-order valence-corrected chi connectivity index (χ0v) is 11.4. The highest BCUT2D eigenvalue weighted by molar-refractivity contribution is 9.10. The van der Waals surface area contributed by atoms with E-state index in [2.05, 4.69) is 31.5 Å². The van der Waals surface area contributed by atoms with Crippen molar-refractivity contribution in [3.8, 4) is 0 Å². The zero-order chi connectivity index (χ0) is 12.3. The van der Waals surface area contributed by atoms with Gasteiger partial charge in [-0.05, 0) is 34.3 Å². The van der Waals surface area contributed by atoms with E-state index in [0.29, 0.717) is 11.4 Å². The number of carbonyl (C=O) groups is 1. The first kappa shape index (κ1) is 12.4. The fourth-order valence-electron chi connectivity index (χ4n) is 1.70. The van der Waals surface area contributed by atoms with E-state index in [0.717, 1.165) is 23.4 Å². The number of rotatable bonds is 5. The van der Waals surface area contributed by atoms with E-state index in [1.54, 1.807) is 19.3 Å². The van der Waals surface area contributed by atoms with E-state index in [4.69, 9.17) is 0 Å². The maximum atomic E-state index is 12.0. The lowest BCUT2D eigenvalue weighted by molar-refractivity contribution is 0.0953. The molecule has 5 heteroatoms. The molecule has 1 saturated carbocycles. The summed E-state index contributed by atoms with van der Waals surface area (Å²) in [5, 5.41) is 5.85. The Morgan fingerprint density at radius 3 is 3.00 bits per heavy atom. The fourth-order valence-corrected chi connectivity index (χ4v) is 2.03. The molecule has 0 spiro atoms. The van der Waals surface area contributed by atoms with E-state index in [-0.39, 0.29) is 5.91 Å². The van der Waals surface area contributed by atoms with E-state index in [1.807, 2.05) is 0 Å². The maximum Gasteiger partial charge on any atom is 0.255 e. The predicted molar refractivity (Wildman–Crippen MR) is 71.2 cm³/mol. The maximum absolute atomic E-state index is 12.0. The minimum absolute atomic E-state index is 0.0659. The van der Waals surface area contributed by atoms with Gasteiger partial charge in [-0.15, -0.1) is 0 Å². The highest BCUT2D eigenvalue weighted by Gasteiger charge is 2.21. The van der Waals surface area contributed by atoms with Crippen molar-refractivity contribution in [3.05, 3.63) is 22.3 Å². The second-order valence-corrected chi connectivity index (χ2v) is 5.20. The Morgan fingerprint density at radius 1 is 1.59 bits per heavy atom. The molecule has 92 valence electrons. The average molecular weight is 298 g/mol. The highest BCUT2D eigenvalue weighted by Crippen LogP contribution is 2.31. The highest BCUT2D eigenvalue weighted by atomic mass is 79.9. The number of nitrogens with zero attached hydrogens (tertiary/aromatic N) is 1. The van der Waals surface area contributed by atoms with Crippen LogP contribution in [0.1, 0.15) is 29.6 Å². The lowest BCUT2D eigenvalue weighted by Crippen LogP contribution is -2.25. The van der Waals surface area contributed by atoms with Crippen molar-refractivity contribution in [2.45, 2.75) is 19.3 Å². The first-order chi connectivity index (χ1) is 8.20. The van der Waals surface area contributed by atoms with Gasteiger partial charge in [0.25, 0.3) is 5.91 Å². The van der Waals surface area contributed by atoms with Gasteiger partial charge in [-0.3, -0.25) is 4.79 Å². The summed E-state index contributed by atoms with van der Waals surface area (Å²) in [6.07, 6.45) is 5.39. The van der Waals surface area contributed by atoms with Crippen LogP contribution in [0.5, 0.6) is 0 Å². The monoisotopic (exact) mass is 297 g/mol. The third-order valence-corrected chi connectivity index (χ3v) is 3.30. The first-order valence-electron chi connectivity index (χ1n) is 5.82. The molecule has 1 aliphatic carbocycles. The van der Waals surface area contributed by atoms with Gasteiger partial charge in [0.15, 0.2) is 0 Å². The van der Waals surface area contributed by atoms with Crippen molar-refractivity contribution in [2.75, 3.05) is 18.9 Å². The molecule has 0 atom stereocenters. The van der Waals surface area contributed by atoms with E-state index >= 15 is 0 Å². The Hall–Kier alpha value is -1.10. The average Bonchev–Trinajstić information content (AvgIpc) is 3.13. The normalized spacial score (nSPS) is 14.5. The second-order valence-electron chi connectivity index (χ2n) is 4.29. The predicted octanol–water partition coefficient (Wildman–Crippen LogP) is 2.42. The number of aromatic nitrogens is 1. The van der Waals surface area contributed by atoms with Crippen molar-refractivity contribution in [3.63, 3.8) is 0 Å². The summed E-state index contributed by atoms with van der Waals surface area (Å²) in [4.78, 5) is 16.1. The number of halogens is 1. The largest absolute Gasteiger partial charge is 0.372 e. The summed E-state index contributed by atoms with van der Waals surface area (Å²) in [5.74, 6) is 1.38. The number of hydrogen-bond donors (Lipinski definition) is 2. The van der Waals surface area contributed by atoms with Gasteiger partial charge >= 0.3 is 0 Å². The summed E-state index contributed by atoms with van der Waals surface area (Å²) in [6.45, 7) is 0.749. The van der Waals surface area contributed by atoms with E-state index in [1.165, 1.54) is 12.8 Å². The van der Waals surface area contributed by atoms with Gasteiger partial charge in [-0.1, -0.05) is 12.8 Å². The van der Waals surface area contributed by atoms with Crippen molar-refractivity contribution in [1.82, 2.24) is 10.3 Å². The van der Waals surface area contributed by atoms with Gasteiger partial charge in [-0.25, -0.2) is 4.98 Å². The zero-order valence-electron chi connectivity index (χ0n) is 9.79. The van der Waals surface area contributed by atoms with E-state index in [9.17, 15) is 4.79 Å². The lowest BCUT2D eigenvalue weighted by atomic mass is 10.2. The Balaban J connectivity index is 1.98. The van der Waals surface area contributed by atoms with Crippen molar-refractivity contribution in [2.24, 2.45) is 5.92 Å². The molecule has 0 bridgehead atoms. The molecule has 0 aromatic carbocycles. The standard InChI is InChI=1S/C12H16BrN3O/c1-14-11-10(6-9(13)7-16-11)12(17)15-5-4-8-2-3-8/h6-8H,2-5H2,1H3,(H,14,16)(H,15,17). The number of nitrogens with one attached hydrogen (secondary N) is 2. The van der Waals surface area contributed by atoms with Crippen molar-refractivity contribution < 1.29 is 4.79 Å². The lowest BCUT2D eigenvalue weighted by Gasteiger charge is -2.09. The molecule has 1 aromatic rings. The van der Waals surface area contributed by atoms with Gasteiger partial charge in [0, 0.05) is 24.3 Å².